The molecule has 1 rings (SSSR count). The predicted molar refractivity (Wildman–Crippen MR) is 48.5 cm³/mol. The zero-order chi connectivity index (χ0) is 10.0. The monoisotopic (exact) mass is 183 g/mol. The lowest BCUT2D eigenvalue weighted by molar-refractivity contribution is -0.385. The van der Waals surface area contributed by atoms with Crippen LogP contribution in [0.4, 0.5) is 5.69 Å². The van der Waals surface area contributed by atoms with Crippen molar-refractivity contribution in [1.82, 2.24) is 9.78 Å². The lowest BCUT2D eigenvalue weighted by Crippen LogP contribution is -2.07. The number of nitro groups is 1. The normalized spacial score (nSPS) is 10.8. The minimum Gasteiger partial charge on any atom is -0.262 e. The summed E-state index contributed by atoms with van der Waals surface area (Å²) in [6.07, 6.45) is 1.30. The van der Waals surface area contributed by atoms with Gasteiger partial charge in [-0.1, -0.05) is 13.8 Å². The van der Waals surface area contributed by atoms with Gasteiger partial charge in [-0.3, -0.25) is 14.8 Å². The maximum absolute atomic E-state index is 10.5. The zero-order valence-corrected chi connectivity index (χ0v) is 8.02. The molecule has 0 aliphatic rings. The number of nitrogens with zero attached hydrogens (tertiary/aromatic N) is 3. The van der Waals surface area contributed by atoms with Crippen molar-refractivity contribution in [3.63, 3.8) is 0 Å². The van der Waals surface area contributed by atoms with Gasteiger partial charge in [0.15, 0.2) is 0 Å². The molecule has 0 aromatic carbocycles. The number of hydrogen-bond acceptors (Lipinski definition) is 3. The van der Waals surface area contributed by atoms with Crippen molar-refractivity contribution in [2.75, 3.05) is 0 Å². The Kier molecular flexibility index (Phi) is 2.65. The molecule has 5 nitrogen and oxygen atoms in total. The van der Waals surface area contributed by atoms with Gasteiger partial charge in [0.1, 0.15) is 11.9 Å². The molecule has 72 valence electrons. The molecular formula is C8H13N3O2. The van der Waals surface area contributed by atoms with E-state index in [0.29, 0.717) is 11.6 Å². The van der Waals surface area contributed by atoms with Crippen molar-refractivity contribution < 1.29 is 4.92 Å². The van der Waals surface area contributed by atoms with Gasteiger partial charge in [-0.15, -0.1) is 0 Å². The molecule has 0 N–H and O–H groups in total. The predicted octanol–water partition coefficient (Wildman–Crippen LogP) is 1.76. The Morgan fingerprint density at radius 2 is 2.31 bits per heavy atom. The Labute approximate surface area is 76.5 Å². The van der Waals surface area contributed by atoms with Gasteiger partial charge in [-0.05, 0) is 12.8 Å². The molecule has 0 spiro atoms. The highest BCUT2D eigenvalue weighted by molar-refractivity contribution is 5.31. The summed E-state index contributed by atoms with van der Waals surface area (Å²) in [6.45, 7) is 6.53. The zero-order valence-electron chi connectivity index (χ0n) is 8.02. The second-order valence-electron chi connectivity index (χ2n) is 3.45. The molecule has 0 unspecified atom stereocenters. The van der Waals surface area contributed by atoms with Crippen LogP contribution in [0.5, 0.6) is 0 Å². The van der Waals surface area contributed by atoms with Crippen LogP contribution >= 0.6 is 0 Å². The third kappa shape index (κ3) is 2.05. The number of rotatable bonds is 3. The molecular weight excluding hydrogens is 170 g/mol. The van der Waals surface area contributed by atoms with E-state index < -0.39 is 4.92 Å². The summed E-state index contributed by atoms with van der Waals surface area (Å²) in [5.41, 5.74) is 0.722. The summed E-state index contributed by atoms with van der Waals surface area (Å²) in [5.74, 6) is 0.443. The third-order valence-electron chi connectivity index (χ3n) is 1.81. The van der Waals surface area contributed by atoms with Crippen LogP contribution < -0.4 is 0 Å². The fourth-order valence-corrected chi connectivity index (χ4v) is 1.15. The van der Waals surface area contributed by atoms with E-state index in [1.807, 2.05) is 13.8 Å². The molecule has 1 heterocycles. The van der Waals surface area contributed by atoms with Crippen LogP contribution in [0.2, 0.25) is 0 Å². The van der Waals surface area contributed by atoms with Gasteiger partial charge < -0.3 is 0 Å². The van der Waals surface area contributed by atoms with Crippen molar-refractivity contribution in [2.24, 2.45) is 5.92 Å². The number of hydrogen-bond donors (Lipinski definition) is 0. The van der Waals surface area contributed by atoms with E-state index in [1.54, 1.807) is 11.6 Å². The van der Waals surface area contributed by atoms with Crippen LogP contribution in [-0.2, 0) is 6.54 Å². The molecule has 0 bridgehead atoms. The molecule has 0 aliphatic carbocycles. The molecule has 0 radical (unpaired) electrons. The fourth-order valence-electron chi connectivity index (χ4n) is 1.15. The van der Waals surface area contributed by atoms with Gasteiger partial charge in [-0.25, -0.2) is 0 Å². The van der Waals surface area contributed by atoms with Crippen LogP contribution in [0.15, 0.2) is 6.20 Å². The quantitative estimate of drug-likeness (QED) is 0.529. The number of aromatic nitrogens is 2. The van der Waals surface area contributed by atoms with Crippen LogP contribution in [-0.4, -0.2) is 14.7 Å². The molecule has 0 saturated carbocycles. The topological polar surface area (TPSA) is 61.0 Å². The van der Waals surface area contributed by atoms with E-state index in [4.69, 9.17) is 0 Å². The van der Waals surface area contributed by atoms with Crippen LogP contribution in [0, 0.1) is 23.0 Å². The second-order valence-corrected chi connectivity index (χ2v) is 3.45. The SMILES string of the molecule is Cc1c([N+](=O)[O-])cnn1CC(C)C. The van der Waals surface area contributed by atoms with E-state index in [0.717, 1.165) is 6.54 Å². The highest BCUT2D eigenvalue weighted by atomic mass is 16.6. The highest BCUT2D eigenvalue weighted by Crippen LogP contribution is 2.16. The van der Waals surface area contributed by atoms with E-state index in [-0.39, 0.29) is 5.69 Å². The largest absolute Gasteiger partial charge is 0.309 e. The second kappa shape index (κ2) is 3.55. The van der Waals surface area contributed by atoms with Crippen molar-refractivity contribution in [3.8, 4) is 0 Å². The average molecular weight is 183 g/mol. The van der Waals surface area contributed by atoms with Crippen molar-refractivity contribution >= 4 is 5.69 Å². The molecule has 0 saturated heterocycles. The van der Waals surface area contributed by atoms with Crippen molar-refractivity contribution in [2.45, 2.75) is 27.3 Å². The first-order valence-electron chi connectivity index (χ1n) is 4.19. The summed E-state index contributed by atoms with van der Waals surface area (Å²) in [6, 6.07) is 0. The first-order chi connectivity index (χ1) is 6.02. The lowest BCUT2D eigenvalue weighted by atomic mass is 10.2. The molecule has 13 heavy (non-hydrogen) atoms. The van der Waals surface area contributed by atoms with Crippen molar-refractivity contribution in [1.29, 1.82) is 0 Å². The highest BCUT2D eigenvalue weighted by Gasteiger charge is 2.16. The van der Waals surface area contributed by atoms with Gasteiger partial charge in [0, 0.05) is 6.54 Å². The third-order valence-corrected chi connectivity index (χ3v) is 1.81. The van der Waals surface area contributed by atoms with Gasteiger partial charge in [0.25, 0.3) is 0 Å². The minimum absolute atomic E-state index is 0.0978. The Bertz CT molecular complexity index is 317. The van der Waals surface area contributed by atoms with Crippen molar-refractivity contribution in [3.05, 3.63) is 22.0 Å². The summed E-state index contributed by atoms with van der Waals surface area (Å²) in [5, 5.41) is 14.4. The standard InChI is InChI=1S/C8H13N3O2/c1-6(2)5-10-7(3)8(4-9-10)11(12)13/h4,6H,5H2,1-3H3. The molecule has 0 amide bonds. The minimum atomic E-state index is -0.404. The van der Waals surface area contributed by atoms with E-state index in [2.05, 4.69) is 5.10 Å². The molecule has 0 atom stereocenters. The Hall–Kier alpha value is -1.39. The van der Waals surface area contributed by atoms with E-state index in [9.17, 15) is 10.1 Å². The van der Waals surface area contributed by atoms with Gasteiger partial charge >= 0.3 is 5.69 Å². The maximum atomic E-state index is 10.5. The average Bonchev–Trinajstić information content (AvgIpc) is 2.32. The Balaban J connectivity index is 2.93. The smallest absolute Gasteiger partial charge is 0.262 e. The molecule has 5 heteroatoms. The summed E-state index contributed by atoms with van der Waals surface area (Å²) >= 11 is 0. The fraction of sp³-hybridized carbons (Fsp3) is 0.625. The summed E-state index contributed by atoms with van der Waals surface area (Å²) in [4.78, 5) is 10.1. The molecule has 0 fully saturated rings. The summed E-state index contributed by atoms with van der Waals surface area (Å²) < 4.78 is 1.67. The summed E-state index contributed by atoms with van der Waals surface area (Å²) in [7, 11) is 0. The maximum Gasteiger partial charge on any atom is 0.309 e. The Morgan fingerprint density at radius 1 is 1.69 bits per heavy atom. The molecule has 0 aliphatic heterocycles. The van der Waals surface area contributed by atoms with Gasteiger partial charge in [0.05, 0.1) is 4.92 Å². The molecule has 1 aromatic heterocycles. The van der Waals surface area contributed by atoms with E-state index in [1.165, 1.54) is 6.20 Å². The van der Waals surface area contributed by atoms with Gasteiger partial charge in [0.2, 0.25) is 0 Å². The Morgan fingerprint density at radius 3 is 2.69 bits per heavy atom. The molecule has 1 aromatic rings. The first-order valence-corrected chi connectivity index (χ1v) is 4.19. The first kappa shape index (κ1) is 9.70. The van der Waals surface area contributed by atoms with Crippen LogP contribution in [0.1, 0.15) is 19.5 Å². The lowest BCUT2D eigenvalue weighted by Gasteiger charge is -2.05. The van der Waals surface area contributed by atoms with Crippen LogP contribution in [0.25, 0.3) is 0 Å². The van der Waals surface area contributed by atoms with Crippen LogP contribution in [0.3, 0.4) is 0 Å². The van der Waals surface area contributed by atoms with Gasteiger partial charge in [-0.2, -0.15) is 5.10 Å². The van der Waals surface area contributed by atoms with E-state index >= 15 is 0 Å².